The van der Waals surface area contributed by atoms with Crippen molar-refractivity contribution >= 4 is 11.9 Å². The molecule has 0 aliphatic rings. The number of hydrogen-bond acceptors (Lipinski definition) is 7. The number of hydrogen-bond donors (Lipinski definition) is 1. The predicted molar refractivity (Wildman–Crippen MR) is 100 cm³/mol. The van der Waals surface area contributed by atoms with Crippen LogP contribution in [-0.2, 0) is 17.7 Å². The van der Waals surface area contributed by atoms with Gasteiger partial charge in [0, 0.05) is 23.7 Å². The van der Waals surface area contributed by atoms with Crippen LogP contribution in [0.4, 0.5) is 0 Å². The summed E-state index contributed by atoms with van der Waals surface area (Å²) in [7, 11) is 0. The summed E-state index contributed by atoms with van der Waals surface area (Å²) in [6, 6.07) is 10.2. The summed E-state index contributed by atoms with van der Waals surface area (Å²) in [4.78, 5) is 28.7. The van der Waals surface area contributed by atoms with E-state index in [-0.39, 0.29) is 19.1 Å². The molecule has 0 radical (unpaired) electrons. The average Bonchev–Trinajstić information content (AvgIpc) is 3.20. The van der Waals surface area contributed by atoms with Crippen LogP contribution in [0.15, 0.2) is 47.0 Å². The maximum absolute atomic E-state index is 12.3. The molecule has 0 unspecified atom stereocenters. The van der Waals surface area contributed by atoms with Crippen molar-refractivity contribution in [1.82, 2.24) is 20.5 Å². The number of benzene rings is 1. The van der Waals surface area contributed by atoms with E-state index in [1.54, 1.807) is 49.5 Å². The molecule has 3 rings (SSSR count). The van der Waals surface area contributed by atoms with Gasteiger partial charge in [0.2, 0.25) is 11.8 Å². The molecule has 8 nitrogen and oxygen atoms in total. The minimum absolute atomic E-state index is 0.154. The Morgan fingerprint density at radius 2 is 1.82 bits per heavy atom. The van der Waals surface area contributed by atoms with Crippen molar-refractivity contribution in [1.29, 1.82) is 0 Å². The predicted octanol–water partition coefficient (Wildman–Crippen LogP) is 2.80. The van der Waals surface area contributed by atoms with Crippen molar-refractivity contribution in [2.24, 2.45) is 0 Å². The second kappa shape index (κ2) is 8.90. The molecule has 0 atom stereocenters. The first-order valence-electron chi connectivity index (χ1n) is 8.94. The number of carbonyl (C=O) groups excluding carboxylic acids is 2. The molecule has 144 valence electrons. The Bertz CT molecular complexity index is 966. The molecule has 2 aromatic heterocycles. The molecule has 0 fully saturated rings. The first-order chi connectivity index (χ1) is 13.6. The highest BCUT2D eigenvalue weighted by Crippen LogP contribution is 2.22. The molecular weight excluding hydrogens is 360 g/mol. The van der Waals surface area contributed by atoms with E-state index < -0.39 is 5.97 Å². The summed E-state index contributed by atoms with van der Waals surface area (Å²) < 4.78 is 10.4. The minimum atomic E-state index is -0.432. The number of ether oxygens (including phenoxy) is 1. The molecule has 1 N–H and O–H groups in total. The number of amides is 1. The Morgan fingerprint density at radius 3 is 2.50 bits per heavy atom. The van der Waals surface area contributed by atoms with Gasteiger partial charge < -0.3 is 14.5 Å². The Hall–Kier alpha value is -3.55. The van der Waals surface area contributed by atoms with Crippen LogP contribution in [0.5, 0.6) is 0 Å². The van der Waals surface area contributed by atoms with Gasteiger partial charge in [-0.15, -0.1) is 10.2 Å². The summed E-state index contributed by atoms with van der Waals surface area (Å²) in [5.41, 5.74) is 2.06. The van der Waals surface area contributed by atoms with Crippen molar-refractivity contribution in [3.05, 3.63) is 65.5 Å². The quantitative estimate of drug-likeness (QED) is 0.628. The van der Waals surface area contributed by atoms with E-state index in [0.717, 1.165) is 0 Å². The van der Waals surface area contributed by atoms with Gasteiger partial charge in [0.25, 0.3) is 5.91 Å². The van der Waals surface area contributed by atoms with Crippen molar-refractivity contribution in [3.63, 3.8) is 0 Å². The highest BCUT2D eigenvalue weighted by atomic mass is 16.5. The molecule has 1 amide bonds. The maximum Gasteiger partial charge on any atom is 0.340 e. The highest BCUT2D eigenvalue weighted by molar-refractivity contribution is 5.97. The number of pyridine rings is 1. The molecule has 0 aliphatic heterocycles. The van der Waals surface area contributed by atoms with Gasteiger partial charge in [0.1, 0.15) is 0 Å². The molecule has 3 aromatic rings. The normalized spacial score (nSPS) is 10.5. The van der Waals surface area contributed by atoms with Crippen LogP contribution in [0.3, 0.4) is 0 Å². The molecule has 2 heterocycles. The number of aryl methyl sites for hydroxylation is 1. The second-order valence-corrected chi connectivity index (χ2v) is 5.82. The first kappa shape index (κ1) is 19.2. The molecule has 1 aromatic carbocycles. The van der Waals surface area contributed by atoms with Crippen LogP contribution in [0.25, 0.3) is 11.3 Å². The summed E-state index contributed by atoms with van der Waals surface area (Å²) in [6.45, 7) is 4.10. The third kappa shape index (κ3) is 4.40. The fourth-order valence-electron chi connectivity index (χ4n) is 2.55. The lowest BCUT2D eigenvalue weighted by atomic mass is 10.0. The fourth-order valence-corrected chi connectivity index (χ4v) is 2.55. The van der Waals surface area contributed by atoms with Crippen LogP contribution < -0.4 is 5.32 Å². The van der Waals surface area contributed by atoms with E-state index in [0.29, 0.717) is 40.6 Å². The summed E-state index contributed by atoms with van der Waals surface area (Å²) in [6.07, 6.45) is 2.25. The van der Waals surface area contributed by atoms with Crippen LogP contribution in [0, 0.1) is 0 Å². The number of esters is 1. The molecule has 8 heteroatoms. The number of aromatic nitrogens is 3. The zero-order chi connectivity index (χ0) is 19.9. The Morgan fingerprint density at radius 1 is 1.07 bits per heavy atom. The largest absolute Gasteiger partial charge is 0.462 e. The second-order valence-electron chi connectivity index (χ2n) is 5.82. The summed E-state index contributed by atoms with van der Waals surface area (Å²) in [5.74, 6) is 0.184. The maximum atomic E-state index is 12.3. The minimum Gasteiger partial charge on any atom is -0.462 e. The monoisotopic (exact) mass is 380 g/mol. The van der Waals surface area contributed by atoms with Gasteiger partial charge in [-0.1, -0.05) is 19.1 Å². The Labute approximate surface area is 162 Å². The zero-order valence-electron chi connectivity index (χ0n) is 15.6. The summed E-state index contributed by atoms with van der Waals surface area (Å²) >= 11 is 0. The van der Waals surface area contributed by atoms with Gasteiger partial charge in [-0.05, 0) is 31.2 Å². The average molecular weight is 380 g/mol. The van der Waals surface area contributed by atoms with Gasteiger partial charge in [-0.2, -0.15) is 0 Å². The van der Waals surface area contributed by atoms with Crippen LogP contribution >= 0.6 is 0 Å². The lowest BCUT2D eigenvalue weighted by Crippen LogP contribution is -2.22. The van der Waals surface area contributed by atoms with Gasteiger partial charge in [-0.3, -0.25) is 9.78 Å². The number of rotatable bonds is 7. The van der Waals surface area contributed by atoms with E-state index in [9.17, 15) is 9.59 Å². The summed E-state index contributed by atoms with van der Waals surface area (Å²) in [5, 5.41) is 10.5. The van der Waals surface area contributed by atoms with Crippen molar-refractivity contribution in [2.45, 2.75) is 26.8 Å². The molecular formula is C20H20N4O4. The van der Waals surface area contributed by atoms with Crippen molar-refractivity contribution in [2.75, 3.05) is 6.61 Å². The Kier molecular flexibility index (Phi) is 6.11. The fraction of sp³-hybridized carbons (Fsp3) is 0.250. The standard InChI is InChI=1S/C20H20N4O4/c1-3-16-23-24-17(28-16)12-22-19(25)14-9-7-13(8-10-14)18-15(6-5-11-21-18)20(26)27-4-2/h5-11H,3-4,12H2,1-2H3,(H,22,25). The number of carbonyl (C=O) groups is 2. The van der Waals surface area contributed by atoms with E-state index in [1.807, 2.05) is 6.92 Å². The van der Waals surface area contributed by atoms with E-state index >= 15 is 0 Å². The van der Waals surface area contributed by atoms with Gasteiger partial charge in [0.15, 0.2) is 0 Å². The Balaban J connectivity index is 1.71. The van der Waals surface area contributed by atoms with Crippen LogP contribution in [0.2, 0.25) is 0 Å². The van der Waals surface area contributed by atoms with Gasteiger partial charge in [-0.25, -0.2) is 4.79 Å². The topological polar surface area (TPSA) is 107 Å². The first-order valence-corrected chi connectivity index (χ1v) is 8.94. The van der Waals surface area contributed by atoms with Gasteiger partial charge >= 0.3 is 5.97 Å². The molecule has 0 spiro atoms. The van der Waals surface area contributed by atoms with E-state index in [2.05, 4.69) is 20.5 Å². The third-order valence-electron chi connectivity index (χ3n) is 3.93. The molecule has 28 heavy (non-hydrogen) atoms. The van der Waals surface area contributed by atoms with Crippen LogP contribution in [0.1, 0.15) is 46.3 Å². The third-order valence-corrected chi connectivity index (χ3v) is 3.93. The number of nitrogens with one attached hydrogen (secondary N) is 1. The molecule has 0 saturated heterocycles. The van der Waals surface area contributed by atoms with Crippen LogP contribution in [-0.4, -0.2) is 33.7 Å². The van der Waals surface area contributed by atoms with Gasteiger partial charge in [0.05, 0.1) is 24.4 Å². The number of nitrogens with zero attached hydrogens (tertiary/aromatic N) is 3. The molecule has 0 aliphatic carbocycles. The SMILES string of the molecule is CCOC(=O)c1cccnc1-c1ccc(C(=O)NCc2nnc(CC)o2)cc1. The van der Waals surface area contributed by atoms with Crippen molar-refractivity contribution < 1.29 is 18.7 Å². The van der Waals surface area contributed by atoms with E-state index in [4.69, 9.17) is 9.15 Å². The lowest BCUT2D eigenvalue weighted by Gasteiger charge is -2.09. The lowest BCUT2D eigenvalue weighted by molar-refractivity contribution is 0.0526. The zero-order valence-corrected chi connectivity index (χ0v) is 15.6. The smallest absolute Gasteiger partial charge is 0.340 e. The molecule has 0 saturated carbocycles. The highest BCUT2D eigenvalue weighted by Gasteiger charge is 2.15. The van der Waals surface area contributed by atoms with E-state index in [1.165, 1.54) is 0 Å². The molecule has 0 bridgehead atoms. The van der Waals surface area contributed by atoms with Crippen molar-refractivity contribution in [3.8, 4) is 11.3 Å².